The van der Waals surface area contributed by atoms with Crippen molar-refractivity contribution in [3.8, 4) is 0 Å². The van der Waals surface area contributed by atoms with Crippen LogP contribution in [-0.4, -0.2) is 29.9 Å². The molecular formula is C12H13NO3. The minimum absolute atomic E-state index is 0.0130. The average Bonchev–Trinajstić information content (AvgIpc) is 2.50. The van der Waals surface area contributed by atoms with Gasteiger partial charge in [0, 0.05) is 13.2 Å². The summed E-state index contributed by atoms with van der Waals surface area (Å²) < 4.78 is 0. The van der Waals surface area contributed by atoms with Gasteiger partial charge in [-0.25, -0.2) is 0 Å². The van der Waals surface area contributed by atoms with E-state index in [4.69, 9.17) is 5.11 Å². The topological polar surface area (TPSA) is 57.6 Å². The molecule has 0 atom stereocenters. The highest BCUT2D eigenvalue weighted by Gasteiger charge is 2.35. The number of amides is 1. The van der Waals surface area contributed by atoms with E-state index in [-0.39, 0.29) is 6.61 Å². The number of hydrogen-bond donors (Lipinski definition) is 1. The zero-order chi connectivity index (χ0) is 11.7. The van der Waals surface area contributed by atoms with Gasteiger partial charge in [0.15, 0.2) is 0 Å². The third kappa shape index (κ3) is 1.61. The van der Waals surface area contributed by atoms with Crippen LogP contribution in [0.15, 0.2) is 18.2 Å². The zero-order valence-corrected chi connectivity index (χ0v) is 9.06. The van der Waals surface area contributed by atoms with Crippen LogP contribution in [0, 0.1) is 6.92 Å². The second-order valence-electron chi connectivity index (χ2n) is 3.88. The fourth-order valence-electron chi connectivity index (χ4n) is 1.86. The van der Waals surface area contributed by atoms with E-state index in [1.165, 1.54) is 4.90 Å². The molecular weight excluding hydrogens is 206 g/mol. The van der Waals surface area contributed by atoms with Gasteiger partial charge in [0.1, 0.15) is 0 Å². The largest absolute Gasteiger partial charge is 0.396 e. The Bertz CT molecular complexity index is 454. The predicted octanol–water partition coefficient (Wildman–Crippen LogP) is 0.907. The van der Waals surface area contributed by atoms with Crippen LogP contribution in [-0.2, 0) is 4.79 Å². The Hall–Kier alpha value is -1.68. The van der Waals surface area contributed by atoms with Gasteiger partial charge in [-0.15, -0.1) is 0 Å². The number of nitrogens with zero attached hydrogens (tertiary/aromatic N) is 1. The van der Waals surface area contributed by atoms with Crippen molar-refractivity contribution in [1.82, 2.24) is 0 Å². The number of carbonyl (C=O) groups excluding carboxylic acids is 2. The lowest BCUT2D eigenvalue weighted by Crippen LogP contribution is -2.31. The summed E-state index contributed by atoms with van der Waals surface area (Å²) in [5, 5.41) is 8.76. The smallest absolute Gasteiger partial charge is 0.299 e. The Balaban J connectivity index is 2.39. The van der Waals surface area contributed by atoms with Gasteiger partial charge in [-0.1, -0.05) is 6.07 Å². The van der Waals surface area contributed by atoms with Crippen LogP contribution >= 0.6 is 0 Å². The van der Waals surface area contributed by atoms with Crippen LogP contribution < -0.4 is 4.90 Å². The molecule has 0 unspecified atom stereocenters. The number of rotatable bonds is 3. The lowest BCUT2D eigenvalue weighted by Gasteiger charge is -2.15. The maximum atomic E-state index is 11.7. The summed E-state index contributed by atoms with van der Waals surface area (Å²) in [6, 6.07) is 5.33. The molecule has 0 saturated heterocycles. The van der Waals surface area contributed by atoms with Crippen LogP contribution in [0.25, 0.3) is 0 Å². The Morgan fingerprint density at radius 2 is 2.06 bits per heavy atom. The van der Waals surface area contributed by atoms with Crippen molar-refractivity contribution < 1.29 is 14.7 Å². The van der Waals surface area contributed by atoms with E-state index in [9.17, 15) is 9.59 Å². The highest BCUT2D eigenvalue weighted by Crippen LogP contribution is 2.29. The molecule has 1 heterocycles. The summed E-state index contributed by atoms with van der Waals surface area (Å²) >= 11 is 0. The summed E-state index contributed by atoms with van der Waals surface area (Å²) in [6.45, 7) is 2.31. The molecule has 0 saturated carbocycles. The number of anilines is 1. The van der Waals surface area contributed by atoms with Gasteiger partial charge < -0.3 is 10.0 Å². The number of fused-ring (bicyclic) bond motifs is 1. The molecule has 0 aromatic heterocycles. The molecule has 1 aromatic carbocycles. The number of hydrogen-bond acceptors (Lipinski definition) is 3. The Kier molecular flexibility index (Phi) is 2.75. The van der Waals surface area contributed by atoms with Crippen molar-refractivity contribution in [3.63, 3.8) is 0 Å². The summed E-state index contributed by atoms with van der Waals surface area (Å²) in [7, 11) is 0. The monoisotopic (exact) mass is 219 g/mol. The molecule has 4 heteroatoms. The minimum atomic E-state index is -0.492. The molecule has 1 aliphatic rings. The normalized spacial score (nSPS) is 14.5. The van der Waals surface area contributed by atoms with Crippen LogP contribution in [0.5, 0.6) is 0 Å². The van der Waals surface area contributed by atoms with Crippen molar-refractivity contribution in [1.29, 1.82) is 0 Å². The molecule has 1 amide bonds. The molecule has 1 N–H and O–H groups in total. The van der Waals surface area contributed by atoms with Crippen molar-refractivity contribution in [2.45, 2.75) is 13.3 Å². The number of ketones is 1. The average molecular weight is 219 g/mol. The fourth-order valence-corrected chi connectivity index (χ4v) is 1.86. The van der Waals surface area contributed by atoms with E-state index in [0.717, 1.165) is 5.56 Å². The molecule has 0 aliphatic carbocycles. The summed E-state index contributed by atoms with van der Waals surface area (Å²) in [5.41, 5.74) is 2.15. The van der Waals surface area contributed by atoms with Crippen LogP contribution in [0.2, 0.25) is 0 Å². The third-order valence-electron chi connectivity index (χ3n) is 2.67. The van der Waals surface area contributed by atoms with Gasteiger partial charge >= 0.3 is 0 Å². The lowest BCUT2D eigenvalue weighted by atomic mass is 10.1. The predicted molar refractivity (Wildman–Crippen MR) is 59.6 cm³/mol. The van der Waals surface area contributed by atoms with E-state index < -0.39 is 11.7 Å². The molecule has 4 nitrogen and oxygen atoms in total. The molecule has 1 aliphatic heterocycles. The minimum Gasteiger partial charge on any atom is -0.396 e. The first-order valence-corrected chi connectivity index (χ1v) is 5.23. The van der Waals surface area contributed by atoms with Gasteiger partial charge in [-0.3, -0.25) is 9.59 Å². The van der Waals surface area contributed by atoms with E-state index >= 15 is 0 Å². The first kappa shape index (κ1) is 10.8. The van der Waals surface area contributed by atoms with Gasteiger partial charge in [-0.2, -0.15) is 0 Å². The molecule has 0 spiro atoms. The van der Waals surface area contributed by atoms with E-state index in [1.54, 1.807) is 6.07 Å². The summed E-state index contributed by atoms with van der Waals surface area (Å²) in [5.74, 6) is -0.943. The second kappa shape index (κ2) is 4.06. The number of aryl methyl sites for hydroxylation is 1. The molecule has 0 radical (unpaired) electrons. The number of Topliss-reactive ketones (excluding diaryl/α,β-unsaturated/α-hetero) is 1. The van der Waals surface area contributed by atoms with E-state index in [0.29, 0.717) is 24.2 Å². The molecule has 84 valence electrons. The molecule has 1 aromatic rings. The SMILES string of the molecule is Cc1ccc2c(c1)N(CCCO)C(=O)C2=O. The first-order valence-electron chi connectivity index (χ1n) is 5.23. The number of benzene rings is 1. The van der Waals surface area contributed by atoms with Crippen LogP contribution in [0.4, 0.5) is 5.69 Å². The van der Waals surface area contributed by atoms with Gasteiger partial charge in [0.2, 0.25) is 0 Å². The molecule has 0 fully saturated rings. The highest BCUT2D eigenvalue weighted by atomic mass is 16.3. The van der Waals surface area contributed by atoms with Gasteiger partial charge in [-0.05, 0) is 31.0 Å². The first-order chi connectivity index (χ1) is 7.65. The number of aliphatic hydroxyl groups is 1. The molecule has 2 rings (SSSR count). The van der Waals surface area contributed by atoms with Crippen molar-refractivity contribution in [2.75, 3.05) is 18.1 Å². The molecule has 16 heavy (non-hydrogen) atoms. The van der Waals surface area contributed by atoms with Crippen LogP contribution in [0.1, 0.15) is 22.3 Å². The Labute approximate surface area is 93.5 Å². The maximum Gasteiger partial charge on any atom is 0.299 e. The summed E-state index contributed by atoms with van der Waals surface area (Å²) in [6.07, 6.45) is 0.479. The Morgan fingerprint density at radius 3 is 2.75 bits per heavy atom. The lowest BCUT2D eigenvalue weighted by molar-refractivity contribution is -0.114. The summed E-state index contributed by atoms with van der Waals surface area (Å²) in [4.78, 5) is 24.7. The third-order valence-corrected chi connectivity index (χ3v) is 2.67. The Morgan fingerprint density at radius 1 is 1.31 bits per heavy atom. The maximum absolute atomic E-state index is 11.7. The van der Waals surface area contributed by atoms with Gasteiger partial charge in [0.25, 0.3) is 11.7 Å². The quantitative estimate of drug-likeness (QED) is 0.769. The number of aliphatic hydroxyl groups excluding tert-OH is 1. The van der Waals surface area contributed by atoms with Crippen molar-refractivity contribution in [2.24, 2.45) is 0 Å². The second-order valence-corrected chi connectivity index (χ2v) is 3.88. The number of carbonyl (C=O) groups is 2. The van der Waals surface area contributed by atoms with E-state index in [2.05, 4.69) is 0 Å². The van der Waals surface area contributed by atoms with Crippen molar-refractivity contribution in [3.05, 3.63) is 29.3 Å². The van der Waals surface area contributed by atoms with Crippen molar-refractivity contribution >= 4 is 17.4 Å². The molecule has 0 bridgehead atoms. The van der Waals surface area contributed by atoms with Gasteiger partial charge in [0.05, 0.1) is 11.3 Å². The highest BCUT2D eigenvalue weighted by molar-refractivity contribution is 6.52. The zero-order valence-electron chi connectivity index (χ0n) is 9.06. The van der Waals surface area contributed by atoms with E-state index in [1.807, 2.05) is 19.1 Å². The fraction of sp³-hybridized carbons (Fsp3) is 0.333. The van der Waals surface area contributed by atoms with Crippen LogP contribution in [0.3, 0.4) is 0 Å². The standard InChI is InChI=1S/C12H13NO3/c1-8-3-4-9-10(7-8)13(5-2-6-14)12(16)11(9)15/h3-4,7,14H,2,5-6H2,1H3.